The molecule has 0 bridgehead atoms. The third-order valence-corrected chi connectivity index (χ3v) is 3.24. The molecule has 2 rings (SSSR count). The Labute approximate surface area is 139 Å². The van der Waals surface area contributed by atoms with E-state index in [-0.39, 0.29) is 12.3 Å². The molecule has 1 N–H and O–H groups in total. The van der Waals surface area contributed by atoms with Crippen LogP contribution in [0.2, 0.25) is 0 Å². The van der Waals surface area contributed by atoms with Gasteiger partial charge in [-0.15, -0.1) is 0 Å². The number of amides is 1. The maximum atomic E-state index is 11.7. The molecule has 0 unspecified atom stereocenters. The molecule has 0 aromatic heterocycles. The zero-order valence-electron chi connectivity index (χ0n) is 13.4. The van der Waals surface area contributed by atoms with Gasteiger partial charge in [-0.2, -0.15) is 5.10 Å². The summed E-state index contributed by atoms with van der Waals surface area (Å²) in [5.41, 5.74) is 4.69. The molecule has 24 heavy (non-hydrogen) atoms. The van der Waals surface area contributed by atoms with Gasteiger partial charge in [0.25, 0.3) is 11.6 Å². The molecule has 7 nitrogen and oxygen atoms in total. The summed E-state index contributed by atoms with van der Waals surface area (Å²) in [6, 6.07) is 11.7. The summed E-state index contributed by atoms with van der Waals surface area (Å²) in [7, 11) is 0. The van der Waals surface area contributed by atoms with Crippen LogP contribution in [0.15, 0.2) is 47.6 Å². The zero-order valence-corrected chi connectivity index (χ0v) is 13.4. The van der Waals surface area contributed by atoms with Crippen molar-refractivity contribution < 1.29 is 14.5 Å². The van der Waals surface area contributed by atoms with Gasteiger partial charge in [0.05, 0.1) is 11.1 Å². The van der Waals surface area contributed by atoms with Crippen molar-refractivity contribution >= 4 is 17.8 Å². The second-order valence-electron chi connectivity index (χ2n) is 5.15. The van der Waals surface area contributed by atoms with E-state index < -0.39 is 10.8 Å². The van der Waals surface area contributed by atoms with Crippen molar-refractivity contribution in [1.29, 1.82) is 0 Å². The highest BCUT2D eigenvalue weighted by molar-refractivity contribution is 5.83. The molecule has 124 valence electrons. The van der Waals surface area contributed by atoms with E-state index in [9.17, 15) is 14.9 Å². The van der Waals surface area contributed by atoms with E-state index in [1.807, 2.05) is 32.0 Å². The van der Waals surface area contributed by atoms with Gasteiger partial charge in [-0.1, -0.05) is 30.3 Å². The van der Waals surface area contributed by atoms with Gasteiger partial charge in [0, 0.05) is 17.7 Å². The number of hydrogen-bond donors (Lipinski definition) is 1. The van der Waals surface area contributed by atoms with Crippen LogP contribution in [0.4, 0.5) is 5.69 Å². The van der Waals surface area contributed by atoms with Crippen molar-refractivity contribution in [2.24, 2.45) is 5.10 Å². The standard InChI is InChI=1S/C17H17N3O4/c1-12-5-3-6-13(2)17(12)24-11-16(21)19-18-10-14-7-4-8-15(9-14)20(22)23/h3-10H,11H2,1-2H3,(H,19,21). The van der Waals surface area contributed by atoms with Gasteiger partial charge in [0.15, 0.2) is 6.61 Å². The number of carbonyl (C=O) groups is 1. The van der Waals surface area contributed by atoms with Crippen molar-refractivity contribution in [3.63, 3.8) is 0 Å². The number of hydrogen-bond acceptors (Lipinski definition) is 5. The lowest BCUT2D eigenvalue weighted by atomic mass is 10.1. The van der Waals surface area contributed by atoms with Gasteiger partial charge in [0.1, 0.15) is 5.75 Å². The van der Waals surface area contributed by atoms with Crippen LogP contribution in [0.25, 0.3) is 0 Å². The Morgan fingerprint density at radius 2 is 1.92 bits per heavy atom. The highest BCUT2D eigenvalue weighted by Gasteiger charge is 2.07. The predicted octanol–water partition coefficient (Wildman–Crippen LogP) is 2.74. The molecule has 2 aromatic rings. The van der Waals surface area contributed by atoms with Crippen LogP contribution < -0.4 is 10.2 Å². The molecule has 0 aliphatic carbocycles. The SMILES string of the molecule is Cc1cccc(C)c1OCC(=O)NN=Cc1cccc([N+](=O)[O-])c1. The maximum Gasteiger partial charge on any atom is 0.277 e. The number of nitro benzene ring substituents is 1. The van der Waals surface area contributed by atoms with Gasteiger partial charge >= 0.3 is 0 Å². The summed E-state index contributed by atoms with van der Waals surface area (Å²) in [6.45, 7) is 3.64. The number of aryl methyl sites for hydroxylation is 2. The normalized spacial score (nSPS) is 10.6. The van der Waals surface area contributed by atoms with E-state index in [0.717, 1.165) is 11.1 Å². The fourth-order valence-electron chi connectivity index (χ4n) is 2.09. The van der Waals surface area contributed by atoms with Gasteiger partial charge in [-0.25, -0.2) is 5.43 Å². The zero-order chi connectivity index (χ0) is 17.5. The highest BCUT2D eigenvalue weighted by atomic mass is 16.6. The van der Waals surface area contributed by atoms with E-state index >= 15 is 0 Å². The van der Waals surface area contributed by atoms with Crippen molar-refractivity contribution in [3.8, 4) is 5.75 Å². The number of carbonyl (C=O) groups excluding carboxylic acids is 1. The molecule has 7 heteroatoms. The quantitative estimate of drug-likeness (QED) is 0.501. The second-order valence-corrected chi connectivity index (χ2v) is 5.15. The van der Waals surface area contributed by atoms with Crippen molar-refractivity contribution in [3.05, 3.63) is 69.3 Å². The average molecular weight is 327 g/mol. The van der Waals surface area contributed by atoms with Crippen LogP contribution in [0.1, 0.15) is 16.7 Å². The minimum Gasteiger partial charge on any atom is -0.483 e. The maximum absolute atomic E-state index is 11.7. The number of hydrazone groups is 1. The Kier molecular flexibility index (Phi) is 5.62. The van der Waals surface area contributed by atoms with Crippen LogP contribution in [-0.2, 0) is 4.79 Å². The Morgan fingerprint density at radius 3 is 2.58 bits per heavy atom. The van der Waals surface area contributed by atoms with Crippen molar-refractivity contribution in [2.45, 2.75) is 13.8 Å². The average Bonchev–Trinajstić information content (AvgIpc) is 2.54. The monoisotopic (exact) mass is 327 g/mol. The van der Waals surface area contributed by atoms with E-state index in [1.165, 1.54) is 18.3 Å². The molecule has 0 fully saturated rings. The molecule has 0 saturated heterocycles. The molecule has 0 aliphatic rings. The summed E-state index contributed by atoms with van der Waals surface area (Å²) < 4.78 is 5.51. The van der Waals surface area contributed by atoms with Gasteiger partial charge < -0.3 is 4.74 Å². The van der Waals surface area contributed by atoms with Crippen LogP contribution >= 0.6 is 0 Å². The molecule has 1 amide bonds. The molecule has 0 atom stereocenters. The van der Waals surface area contributed by atoms with E-state index in [1.54, 1.807) is 12.1 Å². The molecule has 2 aromatic carbocycles. The third kappa shape index (κ3) is 4.64. The molecular weight excluding hydrogens is 310 g/mol. The number of rotatable bonds is 6. The Morgan fingerprint density at radius 1 is 1.25 bits per heavy atom. The Balaban J connectivity index is 1.89. The first-order valence-corrected chi connectivity index (χ1v) is 7.23. The Hall–Kier alpha value is -3.22. The smallest absolute Gasteiger partial charge is 0.277 e. The third-order valence-electron chi connectivity index (χ3n) is 3.24. The lowest BCUT2D eigenvalue weighted by molar-refractivity contribution is -0.384. The van der Waals surface area contributed by atoms with Gasteiger partial charge in [0.2, 0.25) is 0 Å². The lowest BCUT2D eigenvalue weighted by Gasteiger charge is -2.10. The summed E-state index contributed by atoms with van der Waals surface area (Å²) in [4.78, 5) is 21.9. The number of benzene rings is 2. The van der Waals surface area contributed by atoms with E-state index in [2.05, 4.69) is 10.5 Å². The first kappa shape index (κ1) is 17.1. The second kappa shape index (κ2) is 7.87. The molecule has 0 spiro atoms. The van der Waals surface area contributed by atoms with E-state index in [4.69, 9.17) is 4.74 Å². The summed E-state index contributed by atoms with van der Waals surface area (Å²) in [6.07, 6.45) is 1.34. The number of nitro groups is 1. The van der Waals surface area contributed by atoms with Crippen molar-refractivity contribution in [1.82, 2.24) is 5.43 Å². The molecule has 0 saturated carbocycles. The first-order chi connectivity index (χ1) is 11.5. The fraction of sp³-hybridized carbons (Fsp3) is 0.176. The Bertz CT molecular complexity index is 767. The van der Waals surface area contributed by atoms with Gasteiger partial charge in [-0.3, -0.25) is 14.9 Å². The number of nitrogens with zero attached hydrogens (tertiary/aromatic N) is 2. The molecular formula is C17H17N3O4. The molecule has 0 aliphatic heterocycles. The molecule has 0 heterocycles. The van der Waals surface area contributed by atoms with E-state index in [0.29, 0.717) is 11.3 Å². The minimum atomic E-state index is -0.492. The summed E-state index contributed by atoms with van der Waals surface area (Å²) in [5, 5.41) is 14.5. The number of nitrogens with one attached hydrogen (secondary N) is 1. The number of para-hydroxylation sites is 1. The first-order valence-electron chi connectivity index (χ1n) is 7.23. The van der Waals surface area contributed by atoms with Crippen LogP contribution in [0, 0.1) is 24.0 Å². The van der Waals surface area contributed by atoms with Crippen LogP contribution in [0.5, 0.6) is 5.75 Å². The minimum absolute atomic E-state index is 0.0383. The highest BCUT2D eigenvalue weighted by Crippen LogP contribution is 2.21. The predicted molar refractivity (Wildman–Crippen MR) is 90.2 cm³/mol. The number of ether oxygens (including phenoxy) is 1. The summed E-state index contributed by atoms with van der Waals surface area (Å²) in [5.74, 6) is 0.259. The topological polar surface area (TPSA) is 93.8 Å². The van der Waals surface area contributed by atoms with Crippen LogP contribution in [-0.4, -0.2) is 23.7 Å². The van der Waals surface area contributed by atoms with Crippen molar-refractivity contribution in [2.75, 3.05) is 6.61 Å². The summed E-state index contributed by atoms with van der Waals surface area (Å²) >= 11 is 0. The fourth-order valence-corrected chi connectivity index (χ4v) is 2.09. The molecule has 0 radical (unpaired) electrons. The lowest BCUT2D eigenvalue weighted by Crippen LogP contribution is -2.25. The van der Waals surface area contributed by atoms with Crippen LogP contribution in [0.3, 0.4) is 0 Å². The largest absolute Gasteiger partial charge is 0.483 e. The number of non-ortho nitro benzene ring substituents is 1. The van der Waals surface area contributed by atoms with Gasteiger partial charge in [-0.05, 0) is 25.0 Å².